The lowest BCUT2D eigenvalue weighted by atomic mass is 9.92. The van der Waals surface area contributed by atoms with Gasteiger partial charge in [0.2, 0.25) is 0 Å². The van der Waals surface area contributed by atoms with Crippen molar-refractivity contribution in [2.24, 2.45) is 0 Å². The Morgan fingerprint density at radius 1 is 1.23 bits per heavy atom. The van der Waals surface area contributed by atoms with Gasteiger partial charge in [0.15, 0.2) is 0 Å². The highest BCUT2D eigenvalue weighted by Gasteiger charge is 2.35. The van der Waals surface area contributed by atoms with Crippen LogP contribution in [0.2, 0.25) is 10.0 Å². The Morgan fingerprint density at radius 3 is 2.58 bits per heavy atom. The van der Waals surface area contributed by atoms with Crippen molar-refractivity contribution in [2.45, 2.75) is 31.5 Å². The fourth-order valence-corrected chi connectivity index (χ4v) is 2.96. The Labute approximate surface area is 159 Å². The van der Waals surface area contributed by atoms with E-state index >= 15 is 0 Å². The van der Waals surface area contributed by atoms with Crippen LogP contribution in [0.5, 0.6) is 0 Å². The van der Waals surface area contributed by atoms with Gasteiger partial charge >= 0.3 is 6.18 Å². The van der Waals surface area contributed by atoms with Crippen LogP contribution in [0.25, 0.3) is 5.70 Å². The van der Waals surface area contributed by atoms with E-state index in [1.165, 1.54) is 0 Å². The second-order valence-corrected chi connectivity index (χ2v) is 6.88. The zero-order valence-corrected chi connectivity index (χ0v) is 15.1. The summed E-state index contributed by atoms with van der Waals surface area (Å²) < 4.78 is 40.6. The summed E-state index contributed by atoms with van der Waals surface area (Å²) in [6.07, 6.45) is -0.450. The minimum atomic E-state index is -4.54. The maximum Gasteiger partial charge on any atom is 0.417 e. The molecule has 26 heavy (non-hydrogen) atoms. The molecule has 0 amide bonds. The zero-order valence-electron chi connectivity index (χ0n) is 13.6. The van der Waals surface area contributed by atoms with Crippen LogP contribution >= 0.6 is 23.2 Å². The average Bonchev–Trinajstić information content (AvgIpc) is 2.54. The van der Waals surface area contributed by atoms with Crippen molar-refractivity contribution in [1.29, 1.82) is 0 Å². The van der Waals surface area contributed by atoms with E-state index in [1.54, 1.807) is 18.2 Å². The normalized spacial score (nSPS) is 14.7. The van der Waals surface area contributed by atoms with Gasteiger partial charge in [-0.05, 0) is 37.5 Å². The highest BCUT2D eigenvalue weighted by molar-refractivity contribution is 6.43. The van der Waals surface area contributed by atoms with Crippen molar-refractivity contribution in [3.8, 4) is 0 Å². The molecule has 1 fully saturated rings. The van der Waals surface area contributed by atoms with Crippen LogP contribution in [0, 0.1) is 0 Å². The van der Waals surface area contributed by atoms with Gasteiger partial charge in [-0.3, -0.25) is 0 Å². The molecule has 1 aromatic heterocycles. The molecule has 8 heteroatoms. The fourth-order valence-electron chi connectivity index (χ4n) is 2.61. The largest absolute Gasteiger partial charge is 0.417 e. The second kappa shape index (κ2) is 7.37. The molecule has 0 aliphatic heterocycles. The van der Waals surface area contributed by atoms with Gasteiger partial charge in [-0.2, -0.15) is 13.2 Å². The zero-order chi connectivity index (χ0) is 18.9. The van der Waals surface area contributed by atoms with E-state index in [-0.39, 0.29) is 28.1 Å². The summed E-state index contributed by atoms with van der Waals surface area (Å²) in [4.78, 5) is 4.08. The summed E-state index contributed by atoms with van der Waals surface area (Å²) in [7, 11) is 0. The average molecular weight is 402 g/mol. The number of benzene rings is 1. The van der Waals surface area contributed by atoms with E-state index in [0.717, 1.165) is 31.5 Å². The van der Waals surface area contributed by atoms with Gasteiger partial charge < -0.3 is 10.6 Å². The van der Waals surface area contributed by atoms with Crippen molar-refractivity contribution in [1.82, 2.24) is 10.3 Å². The number of pyridine rings is 1. The van der Waals surface area contributed by atoms with Gasteiger partial charge in [0.05, 0.1) is 21.3 Å². The monoisotopic (exact) mass is 401 g/mol. The molecule has 1 heterocycles. The van der Waals surface area contributed by atoms with Crippen LogP contribution in [0.3, 0.4) is 0 Å². The van der Waals surface area contributed by atoms with Crippen LogP contribution < -0.4 is 10.6 Å². The van der Waals surface area contributed by atoms with Crippen molar-refractivity contribution in [3.63, 3.8) is 0 Å². The Bertz CT molecular complexity index is 833. The fraction of sp³-hybridized carbons (Fsp3) is 0.278. The van der Waals surface area contributed by atoms with Crippen molar-refractivity contribution in [2.75, 3.05) is 5.32 Å². The first-order chi connectivity index (χ1) is 12.3. The smallest absolute Gasteiger partial charge is 0.382 e. The molecule has 1 saturated carbocycles. The Balaban J connectivity index is 1.91. The summed E-state index contributed by atoms with van der Waals surface area (Å²) in [5.41, 5.74) is -0.280. The molecule has 0 unspecified atom stereocenters. The third-order valence-corrected chi connectivity index (χ3v) is 5.05. The number of halogens is 5. The van der Waals surface area contributed by atoms with Gasteiger partial charge in [0, 0.05) is 23.5 Å². The minimum Gasteiger partial charge on any atom is -0.382 e. The summed E-state index contributed by atoms with van der Waals surface area (Å²) in [6.45, 7) is 3.75. The number of hydrogen-bond donors (Lipinski definition) is 2. The van der Waals surface area contributed by atoms with Crippen LogP contribution in [-0.2, 0) is 6.18 Å². The lowest BCUT2D eigenvalue weighted by Crippen LogP contribution is -2.34. The third kappa shape index (κ3) is 4.07. The van der Waals surface area contributed by atoms with Crippen LogP contribution in [0.4, 0.5) is 24.7 Å². The number of rotatable bonds is 5. The maximum absolute atomic E-state index is 13.5. The molecular weight excluding hydrogens is 386 g/mol. The van der Waals surface area contributed by atoms with Crippen LogP contribution in [0.1, 0.15) is 30.4 Å². The minimum absolute atomic E-state index is 0.0154. The molecule has 1 aromatic carbocycles. The van der Waals surface area contributed by atoms with Gasteiger partial charge in [0.25, 0.3) is 0 Å². The molecule has 2 aromatic rings. The van der Waals surface area contributed by atoms with Crippen molar-refractivity contribution in [3.05, 3.63) is 58.2 Å². The molecule has 1 aliphatic carbocycles. The standard InChI is InChI=1S/C18H16Cl2F3N3/c1-10(25-11-4-2-5-11)12-9-24-16(8-13(12)18(21,22)23)26-15-7-3-6-14(19)17(15)20/h3,6-9,11,25H,1-2,4-5H2,(H,24,26). The van der Waals surface area contributed by atoms with E-state index < -0.39 is 11.7 Å². The Morgan fingerprint density at radius 2 is 1.96 bits per heavy atom. The number of nitrogens with zero attached hydrogens (tertiary/aromatic N) is 1. The predicted octanol–water partition coefficient (Wildman–Crippen LogP) is 6.26. The highest BCUT2D eigenvalue weighted by atomic mass is 35.5. The third-order valence-electron chi connectivity index (χ3n) is 4.23. The molecule has 0 spiro atoms. The Hall–Kier alpha value is -1.92. The van der Waals surface area contributed by atoms with E-state index in [2.05, 4.69) is 22.2 Å². The molecule has 138 valence electrons. The lowest BCUT2D eigenvalue weighted by molar-refractivity contribution is -0.137. The molecule has 0 atom stereocenters. The van der Waals surface area contributed by atoms with Crippen molar-refractivity contribution >= 4 is 40.4 Å². The Kier molecular flexibility index (Phi) is 5.34. The van der Waals surface area contributed by atoms with E-state index in [4.69, 9.17) is 23.2 Å². The van der Waals surface area contributed by atoms with Gasteiger partial charge in [-0.15, -0.1) is 0 Å². The SMILES string of the molecule is C=C(NC1CCC1)c1cnc(Nc2cccc(Cl)c2Cl)cc1C(F)(F)F. The second-order valence-electron chi connectivity index (χ2n) is 6.09. The van der Waals surface area contributed by atoms with E-state index in [9.17, 15) is 13.2 Å². The molecular formula is C18H16Cl2F3N3. The molecule has 0 radical (unpaired) electrons. The predicted molar refractivity (Wildman–Crippen MR) is 98.8 cm³/mol. The molecule has 3 nitrogen and oxygen atoms in total. The first-order valence-corrected chi connectivity index (χ1v) is 8.75. The number of nitrogens with one attached hydrogen (secondary N) is 2. The number of anilines is 2. The van der Waals surface area contributed by atoms with Gasteiger partial charge in [-0.1, -0.05) is 35.8 Å². The molecule has 3 rings (SSSR count). The maximum atomic E-state index is 13.5. The van der Waals surface area contributed by atoms with E-state index in [1.807, 2.05) is 0 Å². The molecule has 0 saturated heterocycles. The number of alkyl halides is 3. The molecule has 0 bridgehead atoms. The number of hydrogen-bond acceptors (Lipinski definition) is 3. The highest BCUT2D eigenvalue weighted by Crippen LogP contribution is 2.37. The topological polar surface area (TPSA) is 37.0 Å². The van der Waals surface area contributed by atoms with Crippen LogP contribution in [-0.4, -0.2) is 11.0 Å². The summed E-state index contributed by atoms with van der Waals surface area (Å²) >= 11 is 12.0. The first kappa shape index (κ1) is 18.9. The molecule has 1 aliphatic rings. The van der Waals surface area contributed by atoms with E-state index in [0.29, 0.717) is 10.7 Å². The van der Waals surface area contributed by atoms with Crippen molar-refractivity contribution < 1.29 is 13.2 Å². The summed E-state index contributed by atoms with van der Waals surface area (Å²) in [5, 5.41) is 6.32. The van der Waals surface area contributed by atoms with Gasteiger partial charge in [0.1, 0.15) is 5.82 Å². The summed E-state index contributed by atoms with van der Waals surface area (Å²) in [6, 6.07) is 5.95. The lowest BCUT2D eigenvalue weighted by Gasteiger charge is -2.29. The van der Waals surface area contributed by atoms with Gasteiger partial charge in [-0.25, -0.2) is 4.98 Å². The van der Waals surface area contributed by atoms with Crippen LogP contribution in [0.15, 0.2) is 37.0 Å². The first-order valence-electron chi connectivity index (χ1n) is 8.00. The number of aromatic nitrogens is 1. The summed E-state index contributed by atoms with van der Waals surface area (Å²) in [5.74, 6) is 0.0154. The quantitative estimate of drug-likeness (QED) is 0.620. The molecule has 2 N–H and O–H groups in total.